The van der Waals surface area contributed by atoms with E-state index in [1.165, 1.54) is 6.07 Å². The zero-order valence-corrected chi connectivity index (χ0v) is 13.1. The maximum Gasteiger partial charge on any atom is 0.289 e. The van der Waals surface area contributed by atoms with Crippen molar-refractivity contribution in [3.63, 3.8) is 0 Å². The van der Waals surface area contributed by atoms with Crippen molar-refractivity contribution in [3.8, 4) is 0 Å². The van der Waals surface area contributed by atoms with Gasteiger partial charge < -0.3 is 9.32 Å². The van der Waals surface area contributed by atoms with Crippen LogP contribution in [-0.4, -0.2) is 34.1 Å². The SMILES string of the molecule is O=C(c1cc(=O)c2ccccc2o1)N1CCC[C@@H](c2ccn[nH]2)C1. The number of aromatic nitrogens is 2. The highest BCUT2D eigenvalue weighted by Gasteiger charge is 2.27. The van der Waals surface area contributed by atoms with Gasteiger partial charge in [0.25, 0.3) is 5.91 Å². The largest absolute Gasteiger partial charge is 0.451 e. The van der Waals surface area contributed by atoms with Crippen LogP contribution in [0, 0.1) is 0 Å². The number of hydrogen-bond donors (Lipinski definition) is 1. The Morgan fingerprint density at radius 1 is 1.29 bits per heavy atom. The van der Waals surface area contributed by atoms with Crippen molar-refractivity contribution in [3.05, 3.63) is 64.3 Å². The summed E-state index contributed by atoms with van der Waals surface area (Å²) in [5, 5.41) is 7.45. The lowest BCUT2D eigenvalue weighted by Gasteiger charge is -2.31. The lowest BCUT2D eigenvalue weighted by atomic mass is 9.95. The summed E-state index contributed by atoms with van der Waals surface area (Å²) in [5.41, 5.74) is 1.28. The molecule has 4 rings (SSSR count). The fraction of sp³-hybridized carbons (Fsp3) is 0.278. The van der Waals surface area contributed by atoms with Crippen molar-refractivity contribution in [1.82, 2.24) is 15.1 Å². The van der Waals surface area contributed by atoms with Gasteiger partial charge in [0.2, 0.25) is 0 Å². The highest BCUT2D eigenvalue weighted by Crippen LogP contribution is 2.26. The zero-order chi connectivity index (χ0) is 16.5. The first kappa shape index (κ1) is 14.7. The predicted octanol–water partition coefficient (Wildman–Crippen LogP) is 2.54. The van der Waals surface area contributed by atoms with Crippen LogP contribution in [-0.2, 0) is 0 Å². The minimum Gasteiger partial charge on any atom is -0.451 e. The van der Waals surface area contributed by atoms with Crippen LogP contribution < -0.4 is 5.43 Å². The standard InChI is InChI=1S/C18H17N3O3/c22-15-10-17(24-16-6-2-1-5-13(15)16)18(23)21-9-3-4-12(11-21)14-7-8-19-20-14/h1-2,5-8,10,12H,3-4,9,11H2,(H,19,20)/t12-/m1/s1. The Hall–Kier alpha value is -2.89. The molecule has 0 bridgehead atoms. The number of para-hydroxylation sites is 1. The van der Waals surface area contributed by atoms with Gasteiger partial charge in [0.05, 0.1) is 5.39 Å². The minimum absolute atomic E-state index is 0.101. The first-order valence-electron chi connectivity index (χ1n) is 8.04. The molecule has 1 aliphatic rings. The van der Waals surface area contributed by atoms with E-state index in [1.54, 1.807) is 35.4 Å². The number of nitrogens with one attached hydrogen (secondary N) is 1. The number of aromatic amines is 1. The molecule has 1 amide bonds. The molecule has 6 heteroatoms. The number of nitrogens with zero attached hydrogens (tertiary/aromatic N) is 2. The third-order valence-electron chi connectivity index (χ3n) is 4.52. The summed E-state index contributed by atoms with van der Waals surface area (Å²) in [7, 11) is 0. The topological polar surface area (TPSA) is 79.2 Å². The summed E-state index contributed by atoms with van der Waals surface area (Å²) in [6.45, 7) is 1.26. The monoisotopic (exact) mass is 323 g/mol. The van der Waals surface area contributed by atoms with E-state index in [4.69, 9.17) is 4.42 Å². The van der Waals surface area contributed by atoms with Gasteiger partial charge in [-0.15, -0.1) is 0 Å². The Bertz CT molecular complexity index is 930. The van der Waals surface area contributed by atoms with Gasteiger partial charge in [-0.2, -0.15) is 5.10 Å². The lowest BCUT2D eigenvalue weighted by molar-refractivity contribution is 0.0674. The molecule has 0 aliphatic carbocycles. The highest BCUT2D eigenvalue weighted by atomic mass is 16.3. The van der Waals surface area contributed by atoms with Crippen molar-refractivity contribution in [1.29, 1.82) is 0 Å². The first-order valence-corrected chi connectivity index (χ1v) is 8.04. The molecule has 1 aliphatic heterocycles. The van der Waals surface area contributed by atoms with Gasteiger partial charge in [-0.1, -0.05) is 12.1 Å². The van der Waals surface area contributed by atoms with Gasteiger partial charge in [0.1, 0.15) is 5.58 Å². The molecule has 0 spiro atoms. The number of benzene rings is 1. The lowest BCUT2D eigenvalue weighted by Crippen LogP contribution is -2.39. The van der Waals surface area contributed by atoms with Crippen LogP contribution in [0.3, 0.4) is 0 Å². The highest BCUT2D eigenvalue weighted by molar-refractivity contribution is 5.93. The van der Waals surface area contributed by atoms with E-state index in [0.29, 0.717) is 24.1 Å². The number of piperidine rings is 1. The van der Waals surface area contributed by atoms with Crippen LogP contribution in [0.2, 0.25) is 0 Å². The van der Waals surface area contributed by atoms with E-state index < -0.39 is 0 Å². The zero-order valence-electron chi connectivity index (χ0n) is 13.1. The van der Waals surface area contributed by atoms with Gasteiger partial charge in [-0.25, -0.2) is 0 Å². The Balaban J connectivity index is 1.62. The van der Waals surface area contributed by atoms with Crippen LogP contribution in [0.5, 0.6) is 0 Å². The number of H-pyrrole nitrogens is 1. The number of hydrogen-bond acceptors (Lipinski definition) is 4. The van der Waals surface area contributed by atoms with Gasteiger partial charge in [0.15, 0.2) is 11.2 Å². The number of fused-ring (bicyclic) bond motifs is 1. The van der Waals surface area contributed by atoms with Gasteiger partial charge in [-0.3, -0.25) is 14.7 Å². The molecule has 1 atom stereocenters. The Morgan fingerprint density at radius 3 is 3.00 bits per heavy atom. The van der Waals surface area contributed by atoms with E-state index in [2.05, 4.69) is 10.2 Å². The Labute approximate surface area is 138 Å². The maximum absolute atomic E-state index is 12.8. The molecule has 1 saturated heterocycles. The normalized spacial score (nSPS) is 18.0. The van der Waals surface area contributed by atoms with E-state index in [1.807, 2.05) is 6.07 Å². The predicted molar refractivity (Wildman–Crippen MR) is 89.0 cm³/mol. The summed E-state index contributed by atoms with van der Waals surface area (Å²) in [6.07, 6.45) is 3.64. The van der Waals surface area contributed by atoms with Crippen molar-refractivity contribution < 1.29 is 9.21 Å². The number of likely N-dealkylation sites (tertiary alicyclic amines) is 1. The van der Waals surface area contributed by atoms with E-state index in [-0.39, 0.29) is 23.0 Å². The molecule has 0 unspecified atom stereocenters. The van der Waals surface area contributed by atoms with Crippen LogP contribution in [0.1, 0.15) is 35.0 Å². The average Bonchev–Trinajstić information content (AvgIpc) is 3.16. The smallest absolute Gasteiger partial charge is 0.289 e. The van der Waals surface area contributed by atoms with E-state index in [9.17, 15) is 9.59 Å². The molecule has 24 heavy (non-hydrogen) atoms. The van der Waals surface area contributed by atoms with Crippen LogP contribution >= 0.6 is 0 Å². The molecule has 1 N–H and O–H groups in total. The second kappa shape index (κ2) is 5.96. The van der Waals surface area contributed by atoms with Crippen LogP contribution in [0.15, 0.2) is 51.8 Å². The average molecular weight is 323 g/mol. The summed E-state index contributed by atoms with van der Waals surface area (Å²) in [6, 6.07) is 10.2. The van der Waals surface area contributed by atoms with Crippen molar-refractivity contribution in [2.75, 3.05) is 13.1 Å². The molecule has 2 aromatic heterocycles. The molecule has 3 heterocycles. The number of carbonyl (C=O) groups is 1. The number of amides is 1. The van der Waals surface area contributed by atoms with Gasteiger partial charge >= 0.3 is 0 Å². The van der Waals surface area contributed by atoms with Gasteiger partial charge in [0, 0.05) is 37.0 Å². The second-order valence-electron chi connectivity index (χ2n) is 6.07. The first-order chi connectivity index (χ1) is 11.7. The summed E-state index contributed by atoms with van der Waals surface area (Å²) >= 11 is 0. The number of rotatable bonds is 2. The molecule has 0 saturated carbocycles. The summed E-state index contributed by atoms with van der Waals surface area (Å²) in [4.78, 5) is 26.7. The fourth-order valence-corrected chi connectivity index (χ4v) is 3.27. The van der Waals surface area contributed by atoms with Crippen molar-refractivity contribution in [2.45, 2.75) is 18.8 Å². The van der Waals surface area contributed by atoms with Crippen molar-refractivity contribution >= 4 is 16.9 Å². The van der Waals surface area contributed by atoms with Crippen LogP contribution in [0.4, 0.5) is 0 Å². The number of carbonyl (C=O) groups excluding carboxylic acids is 1. The molecule has 0 radical (unpaired) electrons. The third kappa shape index (κ3) is 2.60. The van der Waals surface area contributed by atoms with Crippen molar-refractivity contribution in [2.24, 2.45) is 0 Å². The van der Waals surface area contributed by atoms with E-state index >= 15 is 0 Å². The Kier molecular flexibility index (Phi) is 3.65. The fourth-order valence-electron chi connectivity index (χ4n) is 3.27. The second-order valence-corrected chi connectivity index (χ2v) is 6.07. The van der Waals surface area contributed by atoms with E-state index in [0.717, 1.165) is 18.5 Å². The molecular weight excluding hydrogens is 306 g/mol. The van der Waals surface area contributed by atoms with Gasteiger partial charge in [-0.05, 0) is 31.0 Å². The van der Waals surface area contributed by atoms with Crippen LogP contribution in [0.25, 0.3) is 11.0 Å². The quantitative estimate of drug-likeness (QED) is 0.786. The minimum atomic E-state index is -0.234. The molecule has 1 aromatic carbocycles. The summed E-state index contributed by atoms with van der Waals surface area (Å²) in [5.74, 6) is 0.100. The molecule has 122 valence electrons. The third-order valence-corrected chi connectivity index (χ3v) is 4.52. The molecule has 6 nitrogen and oxygen atoms in total. The Morgan fingerprint density at radius 2 is 2.17 bits per heavy atom. The maximum atomic E-state index is 12.8. The molecule has 1 fully saturated rings. The molecular formula is C18H17N3O3. The molecule has 3 aromatic rings. The summed E-state index contributed by atoms with van der Waals surface area (Å²) < 4.78 is 5.67.